The van der Waals surface area contributed by atoms with Gasteiger partial charge in [-0.15, -0.1) is 0 Å². The molecule has 0 aromatic heterocycles. The molecule has 1 saturated heterocycles. The minimum Gasteiger partial charge on any atom is -0.480 e. The molecule has 1 saturated carbocycles. The Labute approximate surface area is 128 Å². The fourth-order valence-electron chi connectivity index (χ4n) is 3.78. The van der Waals surface area contributed by atoms with E-state index in [-0.39, 0.29) is 12.3 Å². The number of carbonyl (C=O) groups excluding carboxylic acids is 1. The van der Waals surface area contributed by atoms with Gasteiger partial charge in [-0.05, 0) is 37.3 Å². The van der Waals surface area contributed by atoms with Gasteiger partial charge in [-0.3, -0.25) is 4.79 Å². The molecule has 4 rings (SSSR count). The molecular formula is C17H19F2NO2. The van der Waals surface area contributed by atoms with E-state index < -0.39 is 17.4 Å². The van der Waals surface area contributed by atoms with Gasteiger partial charge in [0.25, 0.3) is 11.8 Å². The lowest BCUT2D eigenvalue weighted by molar-refractivity contribution is -0.141. The van der Waals surface area contributed by atoms with Crippen molar-refractivity contribution in [1.82, 2.24) is 4.90 Å². The molecule has 22 heavy (non-hydrogen) atoms. The zero-order valence-electron chi connectivity index (χ0n) is 12.4. The SMILES string of the molecule is O=C(C1CCc2ccccc2O1)N1CCC2(CC1)CC2(F)F. The largest absolute Gasteiger partial charge is 0.480 e. The zero-order chi connectivity index (χ0) is 15.4. The van der Waals surface area contributed by atoms with Crippen molar-refractivity contribution in [3.63, 3.8) is 0 Å². The Bertz CT molecular complexity index is 608. The van der Waals surface area contributed by atoms with Crippen LogP contribution in [0.5, 0.6) is 5.75 Å². The molecule has 1 spiro atoms. The molecule has 1 atom stereocenters. The first-order valence-corrected chi connectivity index (χ1v) is 7.92. The molecule has 118 valence electrons. The molecule has 0 radical (unpaired) electrons. The third-order valence-corrected chi connectivity index (χ3v) is 5.44. The van der Waals surface area contributed by atoms with Crippen molar-refractivity contribution in [3.05, 3.63) is 29.8 Å². The van der Waals surface area contributed by atoms with Gasteiger partial charge in [-0.2, -0.15) is 0 Å². The maximum Gasteiger partial charge on any atom is 0.263 e. The summed E-state index contributed by atoms with van der Waals surface area (Å²) in [7, 11) is 0. The van der Waals surface area contributed by atoms with Crippen molar-refractivity contribution < 1.29 is 18.3 Å². The van der Waals surface area contributed by atoms with Gasteiger partial charge in [0.05, 0.1) is 0 Å². The molecule has 1 amide bonds. The van der Waals surface area contributed by atoms with Crippen LogP contribution in [0.2, 0.25) is 0 Å². The number of fused-ring (bicyclic) bond motifs is 1. The Morgan fingerprint density at radius 1 is 1.23 bits per heavy atom. The van der Waals surface area contributed by atoms with Crippen LogP contribution >= 0.6 is 0 Å². The van der Waals surface area contributed by atoms with E-state index in [4.69, 9.17) is 4.74 Å². The number of alkyl halides is 2. The second kappa shape index (κ2) is 4.67. The predicted molar refractivity (Wildman–Crippen MR) is 77.0 cm³/mol. The van der Waals surface area contributed by atoms with Crippen LogP contribution in [-0.2, 0) is 11.2 Å². The van der Waals surface area contributed by atoms with Crippen LogP contribution in [0, 0.1) is 5.41 Å². The number of benzene rings is 1. The molecule has 3 nitrogen and oxygen atoms in total. The smallest absolute Gasteiger partial charge is 0.263 e. The van der Waals surface area contributed by atoms with E-state index in [0.717, 1.165) is 17.7 Å². The summed E-state index contributed by atoms with van der Waals surface area (Å²) in [6, 6.07) is 7.75. The normalized spacial score (nSPS) is 27.9. The molecular weight excluding hydrogens is 288 g/mol. The van der Waals surface area contributed by atoms with Crippen molar-refractivity contribution in [2.24, 2.45) is 5.41 Å². The van der Waals surface area contributed by atoms with Crippen molar-refractivity contribution >= 4 is 5.91 Å². The van der Waals surface area contributed by atoms with E-state index in [2.05, 4.69) is 0 Å². The van der Waals surface area contributed by atoms with E-state index in [1.54, 1.807) is 4.90 Å². The summed E-state index contributed by atoms with van der Waals surface area (Å²) in [5.74, 6) is -1.79. The number of piperidine rings is 1. The van der Waals surface area contributed by atoms with E-state index >= 15 is 0 Å². The minimum atomic E-state index is -2.51. The average Bonchev–Trinajstić information content (AvgIpc) is 3.06. The number of carbonyl (C=O) groups is 1. The molecule has 1 aromatic rings. The van der Waals surface area contributed by atoms with Crippen LogP contribution in [0.4, 0.5) is 8.78 Å². The highest BCUT2D eigenvalue weighted by Crippen LogP contribution is 2.65. The Morgan fingerprint density at radius 3 is 2.59 bits per heavy atom. The molecule has 1 aliphatic carbocycles. The van der Waals surface area contributed by atoms with Gasteiger partial charge >= 0.3 is 0 Å². The maximum atomic E-state index is 13.4. The van der Waals surface area contributed by atoms with Crippen molar-refractivity contribution in [1.29, 1.82) is 0 Å². The Kier molecular flexibility index (Phi) is 2.97. The number of para-hydroxylation sites is 1. The average molecular weight is 307 g/mol. The Hall–Kier alpha value is -1.65. The van der Waals surface area contributed by atoms with Crippen LogP contribution in [0.3, 0.4) is 0 Å². The standard InChI is InChI=1S/C17H19F2NO2/c18-17(19)11-16(17)7-9-20(10-8-16)15(21)14-6-5-12-3-1-2-4-13(12)22-14/h1-4,14H,5-11H2. The first kappa shape index (κ1) is 14.0. The first-order valence-electron chi connectivity index (χ1n) is 7.92. The van der Waals surface area contributed by atoms with Gasteiger partial charge in [-0.1, -0.05) is 18.2 Å². The molecule has 2 aliphatic heterocycles. The lowest BCUT2D eigenvalue weighted by Crippen LogP contribution is -2.47. The summed E-state index contributed by atoms with van der Waals surface area (Å²) in [5, 5.41) is 0. The molecule has 2 fully saturated rings. The van der Waals surface area contributed by atoms with E-state index in [9.17, 15) is 13.6 Å². The Morgan fingerprint density at radius 2 is 1.91 bits per heavy atom. The fraction of sp³-hybridized carbons (Fsp3) is 0.588. The monoisotopic (exact) mass is 307 g/mol. The summed E-state index contributed by atoms with van der Waals surface area (Å²) >= 11 is 0. The summed E-state index contributed by atoms with van der Waals surface area (Å²) in [6.45, 7) is 0.853. The molecule has 1 unspecified atom stereocenters. The zero-order valence-corrected chi connectivity index (χ0v) is 12.4. The van der Waals surface area contributed by atoms with Crippen molar-refractivity contribution in [2.75, 3.05) is 13.1 Å². The van der Waals surface area contributed by atoms with Crippen molar-refractivity contribution in [2.45, 2.75) is 44.1 Å². The van der Waals surface area contributed by atoms with Crippen LogP contribution in [-0.4, -0.2) is 35.9 Å². The third-order valence-electron chi connectivity index (χ3n) is 5.44. The number of amides is 1. The first-order chi connectivity index (χ1) is 10.5. The second-order valence-corrected chi connectivity index (χ2v) is 6.74. The fourth-order valence-corrected chi connectivity index (χ4v) is 3.78. The highest BCUT2D eigenvalue weighted by Gasteiger charge is 2.70. The summed E-state index contributed by atoms with van der Waals surface area (Å²) in [4.78, 5) is 14.3. The molecule has 2 heterocycles. The Balaban J connectivity index is 1.40. The number of hydrogen-bond donors (Lipinski definition) is 0. The number of halogens is 2. The summed E-state index contributed by atoms with van der Waals surface area (Å²) < 4.78 is 32.6. The summed E-state index contributed by atoms with van der Waals surface area (Å²) in [5.41, 5.74) is 0.311. The van der Waals surface area contributed by atoms with Gasteiger partial charge in [0, 0.05) is 24.9 Å². The minimum absolute atomic E-state index is 0.00463. The van der Waals surface area contributed by atoms with Gasteiger partial charge < -0.3 is 9.64 Å². The third kappa shape index (κ3) is 2.09. The van der Waals surface area contributed by atoms with Gasteiger partial charge in [0.1, 0.15) is 5.75 Å². The van der Waals surface area contributed by atoms with E-state index in [0.29, 0.717) is 32.4 Å². The highest BCUT2D eigenvalue weighted by molar-refractivity contribution is 5.81. The molecule has 1 aromatic carbocycles. The molecule has 0 N–H and O–H groups in total. The van der Waals surface area contributed by atoms with E-state index in [1.807, 2.05) is 24.3 Å². The molecule has 5 heteroatoms. The van der Waals surface area contributed by atoms with Gasteiger partial charge in [-0.25, -0.2) is 8.78 Å². The van der Waals surface area contributed by atoms with Crippen LogP contribution < -0.4 is 4.74 Å². The highest BCUT2D eigenvalue weighted by atomic mass is 19.3. The summed E-state index contributed by atoms with van der Waals surface area (Å²) in [6.07, 6.45) is 1.83. The second-order valence-electron chi connectivity index (χ2n) is 6.74. The number of likely N-dealkylation sites (tertiary alicyclic amines) is 1. The number of nitrogens with zero attached hydrogens (tertiary/aromatic N) is 1. The lowest BCUT2D eigenvalue weighted by atomic mass is 9.92. The lowest BCUT2D eigenvalue weighted by Gasteiger charge is -2.35. The number of rotatable bonds is 1. The topological polar surface area (TPSA) is 29.5 Å². The molecule has 3 aliphatic rings. The predicted octanol–water partition coefficient (Wildman–Crippen LogP) is 3.03. The number of ether oxygens (including phenoxy) is 1. The van der Waals surface area contributed by atoms with Crippen LogP contribution in [0.1, 0.15) is 31.2 Å². The number of aryl methyl sites for hydroxylation is 1. The van der Waals surface area contributed by atoms with Gasteiger partial charge in [0.2, 0.25) is 0 Å². The van der Waals surface area contributed by atoms with Crippen LogP contribution in [0.25, 0.3) is 0 Å². The number of hydrogen-bond acceptors (Lipinski definition) is 2. The molecule has 0 bridgehead atoms. The van der Waals surface area contributed by atoms with E-state index in [1.165, 1.54) is 0 Å². The quantitative estimate of drug-likeness (QED) is 0.798. The van der Waals surface area contributed by atoms with Crippen LogP contribution in [0.15, 0.2) is 24.3 Å². The van der Waals surface area contributed by atoms with Crippen molar-refractivity contribution in [3.8, 4) is 5.75 Å². The maximum absolute atomic E-state index is 13.4. The van der Waals surface area contributed by atoms with Gasteiger partial charge in [0.15, 0.2) is 6.10 Å².